The van der Waals surface area contributed by atoms with Gasteiger partial charge in [0, 0.05) is 18.0 Å². The van der Waals surface area contributed by atoms with Gasteiger partial charge in [-0.3, -0.25) is 4.40 Å². The highest BCUT2D eigenvalue weighted by atomic mass is 35.5. The first-order chi connectivity index (χ1) is 17.7. The minimum atomic E-state index is -4.54. The predicted octanol–water partition coefficient (Wildman–Crippen LogP) is 6.77. The minimum Gasteiger partial charge on any atom is -0.478 e. The van der Waals surface area contributed by atoms with Crippen LogP contribution in [0.5, 0.6) is 0 Å². The number of alkyl halides is 3. The quantitative estimate of drug-likeness (QED) is 0.247. The summed E-state index contributed by atoms with van der Waals surface area (Å²) >= 11 is 0. The number of nitrogens with zero attached hydrogens (tertiary/aromatic N) is 4. The van der Waals surface area contributed by atoms with Crippen molar-refractivity contribution in [3.05, 3.63) is 102 Å². The number of pyridine rings is 1. The number of anilines is 1. The fourth-order valence-electron chi connectivity index (χ4n) is 4.04. The Bertz CT molecular complexity index is 1610. The third-order valence-electron chi connectivity index (χ3n) is 5.87. The van der Waals surface area contributed by atoms with E-state index >= 15 is 0 Å². The van der Waals surface area contributed by atoms with E-state index in [0.717, 1.165) is 17.7 Å². The zero-order valence-electron chi connectivity index (χ0n) is 19.8. The van der Waals surface area contributed by atoms with Gasteiger partial charge in [-0.15, -0.1) is 12.4 Å². The lowest BCUT2D eigenvalue weighted by Crippen LogP contribution is -2.10. The SMILES string of the molecule is C[C@@H](Nc1nccc(-c2c(-c3cccc(C(F)(F)F)c3)nc3ccc(C(=O)O)cn23)n1)c1ccccc1.Cl. The average Bonchev–Trinajstić information content (AvgIpc) is 3.28. The van der Waals surface area contributed by atoms with E-state index in [4.69, 9.17) is 0 Å². The molecule has 0 fully saturated rings. The number of halogens is 4. The fraction of sp³-hybridized carbons (Fsp3) is 0.111. The van der Waals surface area contributed by atoms with E-state index in [1.165, 1.54) is 41.1 Å². The van der Waals surface area contributed by atoms with Crippen LogP contribution in [0.25, 0.3) is 28.3 Å². The summed E-state index contributed by atoms with van der Waals surface area (Å²) in [5.41, 5.74) is 1.70. The second kappa shape index (κ2) is 10.5. The topological polar surface area (TPSA) is 92.4 Å². The van der Waals surface area contributed by atoms with Crippen molar-refractivity contribution < 1.29 is 23.1 Å². The van der Waals surface area contributed by atoms with Crippen LogP contribution < -0.4 is 5.32 Å². The molecular weight excluding hydrogens is 519 g/mol. The van der Waals surface area contributed by atoms with E-state index < -0.39 is 17.7 Å². The molecule has 5 rings (SSSR count). The van der Waals surface area contributed by atoms with Crippen LogP contribution in [-0.2, 0) is 6.18 Å². The highest BCUT2D eigenvalue weighted by Crippen LogP contribution is 2.36. The lowest BCUT2D eigenvalue weighted by Gasteiger charge is -2.15. The molecule has 3 heterocycles. The zero-order valence-corrected chi connectivity index (χ0v) is 20.7. The molecule has 194 valence electrons. The molecule has 7 nitrogen and oxygen atoms in total. The first-order valence-corrected chi connectivity index (χ1v) is 11.3. The van der Waals surface area contributed by atoms with Crippen LogP contribution in [0, 0.1) is 0 Å². The van der Waals surface area contributed by atoms with Crippen molar-refractivity contribution >= 4 is 30.0 Å². The number of aromatic carboxylic acids is 1. The number of carbonyl (C=O) groups is 1. The molecule has 0 saturated carbocycles. The van der Waals surface area contributed by atoms with Gasteiger partial charge in [-0.25, -0.2) is 19.7 Å². The lowest BCUT2D eigenvalue weighted by atomic mass is 10.0. The van der Waals surface area contributed by atoms with Crippen molar-refractivity contribution in [2.45, 2.75) is 19.1 Å². The number of benzene rings is 2. The highest BCUT2D eigenvalue weighted by Gasteiger charge is 2.31. The summed E-state index contributed by atoms with van der Waals surface area (Å²) in [5.74, 6) is -0.850. The largest absolute Gasteiger partial charge is 0.478 e. The van der Waals surface area contributed by atoms with Crippen LogP contribution in [0.1, 0.15) is 34.5 Å². The van der Waals surface area contributed by atoms with Crippen LogP contribution in [0.2, 0.25) is 0 Å². The van der Waals surface area contributed by atoms with Gasteiger partial charge in [-0.1, -0.05) is 42.5 Å². The third kappa shape index (κ3) is 5.30. The normalized spacial score (nSPS) is 12.1. The molecular formula is C27H21ClF3N5O2. The minimum absolute atomic E-state index is 0. The molecule has 0 aliphatic heterocycles. The number of carboxylic acids is 1. The number of aromatic nitrogens is 4. The molecule has 0 unspecified atom stereocenters. The smallest absolute Gasteiger partial charge is 0.416 e. The molecule has 0 saturated heterocycles. The zero-order chi connectivity index (χ0) is 26.2. The van der Waals surface area contributed by atoms with E-state index in [0.29, 0.717) is 23.0 Å². The maximum atomic E-state index is 13.4. The molecule has 2 N–H and O–H groups in total. The van der Waals surface area contributed by atoms with Crippen molar-refractivity contribution in [3.8, 4) is 22.6 Å². The van der Waals surface area contributed by atoms with Crippen molar-refractivity contribution in [1.29, 1.82) is 0 Å². The van der Waals surface area contributed by atoms with Gasteiger partial charge < -0.3 is 10.4 Å². The van der Waals surface area contributed by atoms with Gasteiger partial charge in [0.1, 0.15) is 5.65 Å². The first kappa shape index (κ1) is 26.6. The third-order valence-corrected chi connectivity index (χ3v) is 5.87. The molecule has 0 aliphatic carbocycles. The molecule has 0 aliphatic rings. The van der Waals surface area contributed by atoms with Crippen LogP contribution >= 0.6 is 12.4 Å². The standard InChI is InChI=1S/C27H20F3N5O2.ClH/c1-16(17-6-3-2-4-7-17)32-26-31-13-12-21(33-26)24-23(18-8-5-9-20(14-18)27(28,29)30)34-22-11-10-19(25(36)37)15-35(22)24;/h2-16H,1H3,(H,36,37)(H,31,32,33);1H/t16-;/m1./s1. The molecule has 0 bridgehead atoms. The van der Waals surface area contributed by atoms with Crippen LogP contribution in [0.4, 0.5) is 19.1 Å². The fourth-order valence-corrected chi connectivity index (χ4v) is 4.04. The van der Waals surface area contributed by atoms with Crippen LogP contribution in [-0.4, -0.2) is 30.4 Å². The number of fused-ring (bicyclic) bond motifs is 1. The summed E-state index contributed by atoms with van der Waals surface area (Å²) in [6.07, 6.45) is -1.64. The second-order valence-electron chi connectivity index (χ2n) is 8.38. The number of rotatable bonds is 6. The number of hydrogen-bond donors (Lipinski definition) is 2. The van der Waals surface area contributed by atoms with E-state index in [-0.39, 0.29) is 35.3 Å². The van der Waals surface area contributed by atoms with Gasteiger partial charge in [0.15, 0.2) is 0 Å². The molecule has 1 atom stereocenters. The maximum Gasteiger partial charge on any atom is 0.416 e. The van der Waals surface area contributed by atoms with Gasteiger partial charge in [0.2, 0.25) is 5.95 Å². The number of hydrogen-bond acceptors (Lipinski definition) is 5. The van der Waals surface area contributed by atoms with E-state index in [9.17, 15) is 23.1 Å². The predicted molar refractivity (Wildman–Crippen MR) is 139 cm³/mol. The Labute approximate surface area is 221 Å². The summed E-state index contributed by atoms with van der Waals surface area (Å²) in [5, 5.41) is 12.7. The Morgan fingerprint density at radius 1 is 1.00 bits per heavy atom. The molecule has 38 heavy (non-hydrogen) atoms. The maximum absolute atomic E-state index is 13.4. The number of nitrogens with one attached hydrogen (secondary N) is 1. The summed E-state index contributed by atoms with van der Waals surface area (Å²) in [6, 6.07) is 18.9. The molecule has 5 aromatic rings. The molecule has 3 aromatic heterocycles. The summed E-state index contributed by atoms with van der Waals surface area (Å²) in [4.78, 5) is 25.1. The van der Waals surface area contributed by atoms with Crippen LogP contribution in [0.15, 0.2) is 85.2 Å². The number of carboxylic acid groups (broad SMARTS) is 1. The Morgan fingerprint density at radius 2 is 1.76 bits per heavy atom. The van der Waals surface area contributed by atoms with Crippen molar-refractivity contribution in [2.24, 2.45) is 0 Å². The Hall–Kier alpha value is -4.44. The Morgan fingerprint density at radius 3 is 2.47 bits per heavy atom. The summed E-state index contributed by atoms with van der Waals surface area (Å²) < 4.78 is 41.9. The van der Waals surface area contributed by atoms with Gasteiger partial charge in [-0.05, 0) is 42.8 Å². The van der Waals surface area contributed by atoms with Crippen molar-refractivity contribution in [1.82, 2.24) is 19.4 Å². The second-order valence-corrected chi connectivity index (χ2v) is 8.38. The average molecular weight is 540 g/mol. The van der Waals surface area contributed by atoms with E-state index in [1.54, 1.807) is 6.07 Å². The molecule has 2 aromatic carbocycles. The lowest BCUT2D eigenvalue weighted by molar-refractivity contribution is -0.137. The summed E-state index contributed by atoms with van der Waals surface area (Å²) in [6.45, 7) is 1.95. The van der Waals surface area contributed by atoms with Crippen LogP contribution in [0.3, 0.4) is 0 Å². The van der Waals surface area contributed by atoms with E-state index in [2.05, 4.69) is 20.3 Å². The van der Waals surface area contributed by atoms with E-state index in [1.807, 2.05) is 37.3 Å². The van der Waals surface area contributed by atoms with Crippen molar-refractivity contribution in [2.75, 3.05) is 5.32 Å². The van der Waals surface area contributed by atoms with Gasteiger partial charge in [0.05, 0.1) is 34.3 Å². The summed E-state index contributed by atoms with van der Waals surface area (Å²) in [7, 11) is 0. The molecule has 0 amide bonds. The Kier molecular flexibility index (Phi) is 7.36. The highest BCUT2D eigenvalue weighted by molar-refractivity contribution is 5.89. The van der Waals surface area contributed by atoms with Gasteiger partial charge >= 0.3 is 12.1 Å². The van der Waals surface area contributed by atoms with Crippen molar-refractivity contribution in [3.63, 3.8) is 0 Å². The molecule has 0 radical (unpaired) electrons. The Balaban J connectivity index is 0.00000336. The molecule has 0 spiro atoms. The van der Waals surface area contributed by atoms with Gasteiger partial charge in [0.25, 0.3) is 0 Å². The number of imidazole rings is 1. The van der Waals surface area contributed by atoms with Gasteiger partial charge in [-0.2, -0.15) is 13.2 Å². The monoisotopic (exact) mass is 539 g/mol. The first-order valence-electron chi connectivity index (χ1n) is 11.3. The molecule has 11 heteroatoms.